The Kier molecular flexibility index (Phi) is 5.20. The van der Waals surface area contributed by atoms with Crippen molar-refractivity contribution >= 4 is 10.1 Å². The Morgan fingerprint density at radius 1 is 1.11 bits per heavy atom. The molecule has 3 rings (SSSR count). The molecule has 0 bridgehead atoms. The van der Waals surface area contributed by atoms with Crippen LogP contribution in [0.2, 0.25) is 0 Å². The maximum absolute atomic E-state index is 11.3. The molecule has 1 saturated heterocycles. The molecule has 0 aliphatic carbocycles. The molecule has 1 unspecified atom stereocenters. The SMILES string of the molecule is Cc1noc(C)c1-c1cncc(O[C@@H]2OC(S(=O)(=O)O)[C@@H](O)[C@H](O)[C@H]2O)c1. The van der Waals surface area contributed by atoms with E-state index in [-0.39, 0.29) is 5.75 Å². The van der Waals surface area contributed by atoms with E-state index in [2.05, 4.69) is 10.1 Å². The third-order valence-electron chi connectivity index (χ3n) is 4.11. The van der Waals surface area contributed by atoms with Crippen molar-refractivity contribution in [3.8, 4) is 16.9 Å². The molecule has 12 heteroatoms. The number of nitrogens with zero attached hydrogens (tertiary/aromatic N) is 2. The van der Waals surface area contributed by atoms with Crippen molar-refractivity contribution < 1.29 is 42.3 Å². The highest BCUT2D eigenvalue weighted by atomic mass is 32.2. The van der Waals surface area contributed by atoms with E-state index in [1.807, 2.05) is 0 Å². The van der Waals surface area contributed by atoms with Gasteiger partial charge >= 0.3 is 0 Å². The predicted octanol–water partition coefficient (Wildman–Crippen LogP) is -0.615. The summed E-state index contributed by atoms with van der Waals surface area (Å²) in [6, 6.07) is 1.52. The van der Waals surface area contributed by atoms with Crippen molar-refractivity contribution in [2.24, 2.45) is 0 Å². The highest BCUT2D eigenvalue weighted by Crippen LogP contribution is 2.31. The zero-order valence-electron chi connectivity index (χ0n) is 14.3. The summed E-state index contributed by atoms with van der Waals surface area (Å²) in [4.78, 5) is 4.00. The first kappa shape index (κ1) is 19.7. The van der Waals surface area contributed by atoms with Crippen molar-refractivity contribution in [2.45, 2.75) is 43.9 Å². The Morgan fingerprint density at radius 2 is 1.81 bits per heavy atom. The van der Waals surface area contributed by atoms with Gasteiger partial charge in [0.25, 0.3) is 10.1 Å². The van der Waals surface area contributed by atoms with E-state index in [9.17, 15) is 23.7 Å². The molecule has 0 aromatic carbocycles. The number of hydrogen-bond acceptors (Lipinski definition) is 10. The molecule has 2 aromatic heterocycles. The van der Waals surface area contributed by atoms with Crippen molar-refractivity contribution in [3.63, 3.8) is 0 Å². The first-order valence-electron chi connectivity index (χ1n) is 7.80. The summed E-state index contributed by atoms with van der Waals surface area (Å²) in [5.74, 6) is 0.625. The zero-order chi connectivity index (χ0) is 19.9. The minimum atomic E-state index is -4.87. The van der Waals surface area contributed by atoms with Crippen LogP contribution in [0.5, 0.6) is 5.75 Å². The second-order valence-corrected chi connectivity index (χ2v) is 7.58. The summed E-state index contributed by atoms with van der Waals surface area (Å²) in [7, 11) is -4.87. The van der Waals surface area contributed by atoms with E-state index >= 15 is 0 Å². The molecule has 3 heterocycles. The quantitative estimate of drug-likeness (QED) is 0.480. The molecule has 2 aromatic rings. The fourth-order valence-electron chi connectivity index (χ4n) is 2.81. The Hall–Kier alpha value is -2.09. The summed E-state index contributed by atoms with van der Waals surface area (Å²) in [6.07, 6.45) is -4.64. The molecule has 0 amide bonds. The maximum atomic E-state index is 11.3. The van der Waals surface area contributed by atoms with Gasteiger partial charge in [-0.05, 0) is 19.9 Å². The van der Waals surface area contributed by atoms with Gasteiger partial charge in [-0.3, -0.25) is 9.54 Å². The first-order chi connectivity index (χ1) is 12.6. The van der Waals surface area contributed by atoms with Crippen LogP contribution in [-0.4, -0.2) is 68.5 Å². The van der Waals surface area contributed by atoms with Gasteiger partial charge in [0.1, 0.15) is 29.8 Å². The number of rotatable bonds is 4. The van der Waals surface area contributed by atoms with Gasteiger partial charge in [-0.15, -0.1) is 0 Å². The first-order valence-corrected chi connectivity index (χ1v) is 9.31. The van der Waals surface area contributed by atoms with Crippen molar-refractivity contribution in [1.82, 2.24) is 10.1 Å². The van der Waals surface area contributed by atoms with E-state index in [1.165, 1.54) is 18.5 Å². The Bertz CT molecular complexity index is 910. The fourth-order valence-corrected chi connectivity index (χ4v) is 3.57. The van der Waals surface area contributed by atoms with Crippen LogP contribution in [0.3, 0.4) is 0 Å². The van der Waals surface area contributed by atoms with E-state index in [1.54, 1.807) is 13.8 Å². The van der Waals surface area contributed by atoms with Crippen LogP contribution in [0.15, 0.2) is 23.0 Å². The predicted molar refractivity (Wildman–Crippen MR) is 88.1 cm³/mol. The molecular formula is C15H18N2O9S. The van der Waals surface area contributed by atoms with Crippen molar-refractivity contribution in [2.75, 3.05) is 0 Å². The number of ether oxygens (including phenoxy) is 2. The monoisotopic (exact) mass is 402 g/mol. The van der Waals surface area contributed by atoms with Gasteiger partial charge in [-0.25, -0.2) is 0 Å². The molecule has 1 aliphatic rings. The number of aliphatic hydroxyl groups excluding tert-OH is 3. The third kappa shape index (κ3) is 3.81. The molecule has 0 saturated carbocycles. The average molecular weight is 402 g/mol. The van der Waals surface area contributed by atoms with Crippen LogP contribution in [0, 0.1) is 13.8 Å². The van der Waals surface area contributed by atoms with Gasteiger partial charge in [0, 0.05) is 17.3 Å². The summed E-state index contributed by atoms with van der Waals surface area (Å²) in [5.41, 5.74) is -0.296. The Labute approximate surface area is 153 Å². The van der Waals surface area contributed by atoms with Crippen LogP contribution in [0.4, 0.5) is 0 Å². The Morgan fingerprint density at radius 3 is 2.41 bits per heavy atom. The lowest BCUT2D eigenvalue weighted by Gasteiger charge is -2.38. The lowest BCUT2D eigenvalue weighted by Crippen LogP contribution is -2.61. The zero-order valence-corrected chi connectivity index (χ0v) is 15.1. The number of aliphatic hydroxyl groups is 3. The van der Waals surface area contributed by atoms with Crippen LogP contribution in [0.25, 0.3) is 11.1 Å². The van der Waals surface area contributed by atoms with E-state index in [0.29, 0.717) is 22.6 Å². The van der Waals surface area contributed by atoms with E-state index < -0.39 is 40.2 Å². The highest BCUT2D eigenvalue weighted by molar-refractivity contribution is 7.86. The van der Waals surface area contributed by atoms with Crippen molar-refractivity contribution in [3.05, 3.63) is 29.9 Å². The lowest BCUT2D eigenvalue weighted by molar-refractivity contribution is -0.254. The molecule has 1 fully saturated rings. The highest BCUT2D eigenvalue weighted by Gasteiger charge is 2.50. The van der Waals surface area contributed by atoms with Gasteiger partial charge in [0.2, 0.25) is 11.7 Å². The number of aromatic nitrogens is 2. The Balaban J connectivity index is 1.87. The molecule has 11 nitrogen and oxygen atoms in total. The average Bonchev–Trinajstić information content (AvgIpc) is 2.93. The normalized spacial score (nSPS) is 28.9. The molecular weight excluding hydrogens is 384 g/mol. The van der Waals surface area contributed by atoms with Crippen LogP contribution < -0.4 is 4.74 Å². The second-order valence-electron chi connectivity index (χ2n) is 6.09. The molecule has 5 atom stereocenters. The smallest absolute Gasteiger partial charge is 0.295 e. The minimum Gasteiger partial charge on any atom is -0.460 e. The number of hydrogen-bond donors (Lipinski definition) is 4. The standard InChI is InChI=1S/C15H18N2O9S/c1-6-10(7(2)26-17-6)8-3-9(5-16-4-8)24-14-12(19)11(18)13(20)15(25-14)27(21,22)23/h3-5,11-15,18-20H,1-2H3,(H,21,22,23)/t11-,12-,13+,14-,15?/m1/s1. The molecule has 4 N–H and O–H groups in total. The summed E-state index contributed by atoms with van der Waals surface area (Å²) in [6.45, 7) is 3.45. The summed E-state index contributed by atoms with van der Waals surface area (Å²) >= 11 is 0. The lowest BCUT2D eigenvalue weighted by atomic mass is 10.1. The molecule has 148 valence electrons. The molecule has 1 aliphatic heterocycles. The van der Waals surface area contributed by atoms with Crippen LogP contribution in [0.1, 0.15) is 11.5 Å². The summed E-state index contributed by atoms with van der Waals surface area (Å²) < 4.78 is 47.2. The largest absolute Gasteiger partial charge is 0.460 e. The van der Waals surface area contributed by atoms with Gasteiger partial charge in [0.15, 0.2) is 0 Å². The van der Waals surface area contributed by atoms with E-state index in [4.69, 9.17) is 18.5 Å². The fraction of sp³-hybridized carbons (Fsp3) is 0.467. The maximum Gasteiger partial charge on any atom is 0.295 e. The molecule has 0 spiro atoms. The minimum absolute atomic E-state index is 0.0780. The van der Waals surface area contributed by atoms with Crippen molar-refractivity contribution in [1.29, 1.82) is 0 Å². The van der Waals surface area contributed by atoms with Gasteiger partial charge in [-0.2, -0.15) is 8.42 Å². The third-order valence-corrected chi connectivity index (χ3v) is 5.08. The number of pyridine rings is 1. The summed E-state index contributed by atoms with van der Waals surface area (Å²) in [5, 5.41) is 33.4. The van der Waals surface area contributed by atoms with Gasteiger partial charge < -0.3 is 29.3 Å². The van der Waals surface area contributed by atoms with Gasteiger partial charge in [-0.1, -0.05) is 5.16 Å². The van der Waals surface area contributed by atoms with Gasteiger partial charge in [0.05, 0.1) is 11.9 Å². The topological polar surface area (TPSA) is 172 Å². The second kappa shape index (κ2) is 7.14. The van der Waals surface area contributed by atoms with E-state index in [0.717, 1.165) is 0 Å². The van der Waals surface area contributed by atoms with Crippen LogP contribution in [-0.2, 0) is 14.9 Å². The number of aryl methyl sites for hydroxylation is 2. The van der Waals surface area contributed by atoms with Crippen LogP contribution >= 0.6 is 0 Å². The molecule has 27 heavy (non-hydrogen) atoms. The molecule has 0 radical (unpaired) electrons.